The summed E-state index contributed by atoms with van der Waals surface area (Å²) in [6.07, 6.45) is 1.13. The highest BCUT2D eigenvalue weighted by Crippen LogP contribution is 2.14. The van der Waals surface area contributed by atoms with Gasteiger partial charge in [0.1, 0.15) is 5.52 Å². The Bertz CT molecular complexity index is 652. The molecule has 0 bridgehead atoms. The van der Waals surface area contributed by atoms with E-state index in [1.165, 1.54) is 6.20 Å². The molecular weight excluding hydrogens is 282 g/mol. The molecule has 1 fully saturated rings. The molecule has 10 heteroatoms. The van der Waals surface area contributed by atoms with Gasteiger partial charge in [0.15, 0.2) is 5.82 Å². The van der Waals surface area contributed by atoms with Gasteiger partial charge in [-0.05, 0) is 12.5 Å². The van der Waals surface area contributed by atoms with Crippen LogP contribution in [-0.4, -0.2) is 62.2 Å². The largest absolute Gasteiger partial charge is 0.508 e. The van der Waals surface area contributed by atoms with E-state index in [0.717, 1.165) is 10.6 Å². The van der Waals surface area contributed by atoms with E-state index in [1.807, 2.05) is 0 Å². The summed E-state index contributed by atoms with van der Waals surface area (Å²) in [5.74, 6) is -0.485. The first-order valence-electron chi connectivity index (χ1n) is 6.49. The van der Waals surface area contributed by atoms with Crippen LogP contribution in [0.3, 0.4) is 0 Å². The SMILES string of the molecule is OB(O)c1cc(F)c2cnc(N[C@@H]3CCOC[C@H]3O)nn12. The van der Waals surface area contributed by atoms with Gasteiger partial charge < -0.3 is 25.2 Å². The molecule has 0 aromatic carbocycles. The normalized spacial score (nSPS) is 22.5. The third-order valence-electron chi connectivity index (χ3n) is 3.40. The summed E-state index contributed by atoms with van der Waals surface area (Å²) in [4.78, 5) is 3.97. The van der Waals surface area contributed by atoms with Crippen molar-refractivity contribution in [1.29, 1.82) is 0 Å². The quantitative estimate of drug-likeness (QED) is 0.490. The van der Waals surface area contributed by atoms with E-state index < -0.39 is 19.0 Å². The number of ether oxygens (including phenoxy) is 1. The number of nitrogens with zero attached hydrogens (tertiary/aromatic N) is 3. The first-order chi connectivity index (χ1) is 10.1. The van der Waals surface area contributed by atoms with E-state index >= 15 is 0 Å². The van der Waals surface area contributed by atoms with Crippen molar-refractivity contribution in [3.63, 3.8) is 0 Å². The minimum absolute atomic E-state index is 0.0381. The number of halogens is 1. The molecule has 2 atom stereocenters. The Labute approximate surface area is 119 Å². The fourth-order valence-electron chi connectivity index (χ4n) is 2.28. The Kier molecular flexibility index (Phi) is 3.76. The first-order valence-corrected chi connectivity index (χ1v) is 6.49. The zero-order valence-corrected chi connectivity index (χ0v) is 11.0. The summed E-state index contributed by atoms with van der Waals surface area (Å²) in [6.45, 7) is 0.731. The van der Waals surface area contributed by atoms with Gasteiger partial charge in [-0.1, -0.05) is 0 Å². The molecule has 8 nitrogen and oxygen atoms in total. The fourth-order valence-corrected chi connectivity index (χ4v) is 2.28. The maximum atomic E-state index is 13.6. The van der Waals surface area contributed by atoms with Gasteiger partial charge in [-0.3, -0.25) is 0 Å². The topological polar surface area (TPSA) is 112 Å². The van der Waals surface area contributed by atoms with Crippen LogP contribution in [0.15, 0.2) is 12.3 Å². The van der Waals surface area contributed by atoms with Gasteiger partial charge in [0.05, 0.1) is 30.5 Å². The number of hydrogen-bond acceptors (Lipinski definition) is 7. The van der Waals surface area contributed by atoms with Crippen molar-refractivity contribution in [3.05, 3.63) is 18.1 Å². The molecule has 21 heavy (non-hydrogen) atoms. The Morgan fingerprint density at radius 2 is 2.29 bits per heavy atom. The van der Waals surface area contributed by atoms with E-state index in [0.29, 0.717) is 13.0 Å². The van der Waals surface area contributed by atoms with Crippen LogP contribution in [0.5, 0.6) is 0 Å². The monoisotopic (exact) mass is 296 g/mol. The predicted octanol–water partition coefficient (Wildman–Crippen LogP) is -1.89. The lowest BCUT2D eigenvalue weighted by molar-refractivity contribution is -0.0136. The van der Waals surface area contributed by atoms with E-state index in [4.69, 9.17) is 4.74 Å². The van der Waals surface area contributed by atoms with E-state index in [9.17, 15) is 19.5 Å². The minimum Gasteiger partial charge on any atom is -0.422 e. The number of anilines is 1. The van der Waals surface area contributed by atoms with Gasteiger partial charge in [-0.2, -0.15) is 0 Å². The molecule has 3 heterocycles. The van der Waals surface area contributed by atoms with Crippen LogP contribution in [0.2, 0.25) is 0 Å². The molecule has 1 aliphatic heterocycles. The van der Waals surface area contributed by atoms with E-state index in [-0.39, 0.29) is 29.7 Å². The van der Waals surface area contributed by atoms with Gasteiger partial charge >= 0.3 is 7.12 Å². The summed E-state index contributed by atoms with van der Waals surface area (Å²) in [6, 6.07) is 0.709. The van der Waals surface area contributed by atoms with Crippen LogP contribution >= 0.6 is 0 Å². The Morgan fingerprint density at radius 1 is 1.48 bits per heavy atom. The molecule has 2 aromatic rings. The zero-order chi connectivity index (χ0) is 15.0. The number of nitrogens with one attached hydrogen (secondary N) is 1. The molecule has 3 rings (SSSR count). The molecular formula is C11H14BFN4O4. The molecule has 0 unspecified atom stereocenters. The van der Waals surface area contributed by atoms with Crippen molar-refractivity contribution in [3.8, 4) is 0 Å². The maximum Gasteiger partial charge on any atom is 0.508 e. The number of hydrogen-bond donors (Lipinski definition) is 4. The number of aromatic nitrogens is 3. The lowest BCUT2D eigenvalue weighted by atomic mass is 9.87. The molecule has 0 amide bonds. The second-order valence-corrected chi connectivity index (χ2v) is 4.85. The average Bonchev–Trinajstić information content (AvgIpc) is 2.79. The first kappa shape index (κ1) is 14.2. The Morgan fingerprint density at radius 3 is 3.00 bits per heavy atom. The van der Waals surface area contributed by atoms with Crippen molar-refractivity contribution in [1.82, 2.24) is 14.6 Å². The highest BCUT2D eigenvalue weighted by molar-refractivity contribution is 6.57. The third kappa shape index (κ3) is 2.70. The summed E-state index contributed by atoms with van der Waals surface area (Å²) < 4.78 is 19.8. The lowest BCUT2D eigenvalue weighted by Crippen LogP contribution is -2.42. The van der Waals surface area contributed by atoms with E-state index in [2.05, 4.69) is 15.4 Å². The zero-order valence-electron chi connectivity index (χ0n) is 11.0. The second kappa shape index (κ2) is 5.56. The van der Waals surface area contributed by atoms with Gasteiger partial charge in [0.2, 0.25) is 5.95 Å². The van der Waals surface area contributed by atoms with Crippen LogP contribution in [-0.2, 0) is 4.74 Å². The molecule has 0 aliphatic carbocycles. The molecule has 0 saturated carbocycles. The van der Waals surface area contributed by atoms with Crippen molar-refractivity contribution >= 4 is 24.2 Å². The van der Waals surface area contributed by atoms with Crippen LogP contribution in [0.25, 0.3) is 5.52 Å². The molecule has 2 aromatic heterocycles. The van der Waals surface area contributed by atoms with Crippen LogP contribution in [0, 0.1) is 5.82 Å². The van der Waals surface area contributed by atoms with Crippen molar-refractivity contribution in [2.24, 2.45) is 0 Å². The van der Waals surface area contributed by atoms with Gasteiger partial charge in [-0.25, -0.2) is 13.9 Å². The van der Waals surface area contributed by atoms with Crippen molar-refractivity contribution < 1.29 is 24.3 Å². The molecule has 0 radical (unpaired) electrons. The third-order valence-corrected chi connectivity index (χ3v) is 3.40. The number of aliphatic hydroxyl groups excluding tert-OH is 1. The molecule has 1 aliphatic rings. The number of rotatable bonds is 3. The molecule has 0 spiro atoms. The lowest BCUT2D eigenvalue weighted by Gasteiger charge is -2.28. The summed E-state index contributed by atoms with van der Waals surface area (Å²) in [5, 5.41) is 35.2. The van der Waals surface area contributed by atoms with Gasteiger partial charge in [0.25, 0.3) is 0 Å². The molecule has 1 saturated heterocycles. The van der Waals surface area contributed by atoms with Crippen molar-refractivity contribution in [2.75, 3.05) is 18.5 Å². The summed E-state index contributed by atoms with van der Waals surface area (Å²) >= 11 is 0. The fraction of sp³-hybridized carbons (Fsp3) is 0.455. The number of fused-ring (bicyclic) bond motifs is 1. The predicted molar refractivity (Wildman–Crippen MR) is 71.6 cm³/mol. The molecule has 4 N–H and O–H groups in total. The van der Waals surface area contributed by atoms with Crippen LogP contribution in [0.1, 0.15) is 6.42 Å². The highest BCUT2D eigenvalue weighted by Gasteiger charge is 2.25. The number of aliphatic hydroxyl groups is 1. The Balaban J connectivity index is 1.91. The standard InChI is InChI=1S/C11H14BFN4O4/c13-6-3-10(12(19)20)17-8(6)4-14-11(16-17)15-7-1-2-21-5-9(7)18/h3-4,7,9,18-20H,1-2,5H2,(H,15,16)/t7-,9-/m1/s1. The van der Waals surface area contributed by atoms with Gasteiger partial charge in [-0.15, -0.1) is 5.10 Å². The van der Waals surface area contributed by atoms with Gasteiger partial charge in [0, 0.05) is 6.61 Å². The van der Waals surface area contributed by atoms with Crippen LogP contribution in [0.4, 0.5) is 10.3 Å². The van der Waals surface area contributed by atoms with Crippen LogP contribution < -0.4 is 10.9 Å². The second-order valence-electron chi connectivity index (χ2n) is 4.85. The highest BCUT2D eigenvalue weighted by atomic mass is 19.1. The van der Waals surface area contributed by atoms with Crippen molar-refractivity contribution in [2.45, 2.75) is 18.6 Å². The smallest absolute Gasteiger partial charge is 0.422 e. The van der Waals surface area contributed by atoms with E-state index in [1.54, 1.807) is 0 Å². The minimum atomic E-state index is -1.85. The Hall–Kier alpha value is -1.75. The average molecular weight is 296 g/mol. The summed E-state index contributed by atoms with van der Waals surface area (Å²) in [5.41, 5.74) is -0.0587. The summed E-state index contributed by atoms with van der Waals surface area (Å²) in [7, 11) is -1.85. The maximum absolute atomic E-state index is 13.6. The molecule has 112 valence electrons.